The van der Waals surface area contributed by atoms with E-state index >= 15 is 0 Å². The minimum atomic E-state index is -4.52. The van der Waals surface area contributed by atoms with E-state index in [1.54, 1.807) is 4.90 Å². The molecule has 0 radical (unpaired) electrons. The molecule has 3 rings (SSSR count). The number of nitrogens with zero attached hydrogens (tertiary/aromatic N) is 3. The van der Waals surface area contributed by atoms with Crippen molar-refractivity contribution in [3.8, 4) is 0 Å². The minimum Gasteiger partial charge on any atom is -0.365 e. The van der Waals surface area contributed by atoms with Crippen molar-refractivity contribution in [3.63, 3.8) is 0 Å². The maximum absolute atomic E-state index is 13.2. The summed E-state index contributed by atoms with van der Waals surface area (Å²) in [6, 6.07) is 0. The zero-order chi connectivity index (χ0) is 18.2. The van der Waals surface area contributed by atoms with E-state index in [0.29, 0.717) is 6.54 Å². The highest BCUT2D eigenvalue weighted by Crippen LogP contribution is 2.34. The summed E-state index contributed by atoms with van der Waals surface area (Å²) < 4.78 is 69.8. The molecule has 1 aromatic heterocycles. The molecule has 2 aliphatic rings. The first-order valence-electron chi connectivity index (χ1n) is 7.72. The number of amides is 1. The highest BCUT2D eigenvalue weighted by molar-refractivity contribution is 7.13. The first-order valence-corrected chi connectivity index (χ1v) is 8.59. The Morgan fingerprint density at radius 1 is 1.28 bits per heavy atom. The van der Waals surface area contributed by atoms with Crippen LogP contribution >= 0.6 is 11.3 Å². The fraction of sp³-hybridized carbons (Fsp3) is 0.714. The van der Waals surface area contributed by atoms with E-state index in [0.717, 1.165) is 16.7 Å². The van der Waals surface area contributed by atoms with Crippen molar-refractivity contribution in [3.05, 3.63) is 11.1 Å². The molecule has 1 amide bonds. The Bertz CT molecular complexity index is 626. The number of halogens is 5. The summed E-state index contributed by atoms with van der Waals surface area (Å²) in [4.78, 5) is 18.9. The number of likely N-dealkylation sites (tertiary alicyclic amines) is 1. The molecule has 3 heterocycles. The fourth-order valence-corrected chi connectivity index (χ4v) is 3.64. The summed E-state index contributed by atoms with van der Waals surface area (Å²) in [5, 5.41) is 1.09. The molecule has 2 fully saturated rings. The van der Waals surface area contributed by atoms with Gasteiger partial charge in [0.15, 0.2) is 16.9 Å². The van der Waals surface area contributed by atoms with Crippen molar-refractivity contribution in [2.45, 2.75) is 31.0 Å². The molecule has 0 aromatic carbocycles. The Morgan fingerprint density at radius 3 is 2.56 bits per heavy atom. The van der Waals surface area contributed by atoms with E-state index in [1.165, 1.54) is 4.90 Å². The molecule has 2 saturated heterocycles. The van der Waals surface area contributed by atoms with Gasteiger partial charge in [-0.1, -0.05) is 0 Å². The van der Waals surface area contributed by atoms with Crippen molar-refractivity contribution < 1.29 is 31.5 Å². The van der Waals surface area contributed by atoms with Gasteiger partial charge in [0, 0.05) is 37.9 Å². The van der Waals surface area contributed by atoms with Gasteiger partial charge in [-0.3, -0.25) is 4.79 Å². The molecule has 140 valence electrons. The van der Waals surface area contributed by atoms with E-state index in [4.69, 9.17) is 4.74 Å². The average molecular weight is 385 g/mol. The first kappa shape index (κ1) is 18.3. The van der Waals surface area contributed by atoms with E-state index < -0.39 is 42.6 Å². The molecule has 0 saturated carbocycles. The highest BCUT2D eigenvalue weighted by atomic mass is 32.1. The van der Waals surface area contributed by atoms with E-state index in [2.05, 4.69) is 4.98 Å². The zero-order valence-corrected chi connectivity index (χ0v) is 13.9. The van der Waals surface area contributed by atoms with Crippen molar-refractivity contribution in [1.29, 1.82) is 0 Å². The van der Waals surface area contributed by atoms with Gasteiger partial charge in [0.05, 0.1) is 13.2 Å². The quantitative estimate of drug-likeness (QED) is 0.735. The van der Waals surface area contributed by atoms with Gasteiger partial charge in [-0.2, -0.15) is 13.2 Å². The lowest BCUT2D eigenvalue weighted by Gasteiger charge is -2.37. The SMILES string of the molecule is O=C(C1CN(c2nc(C(F)(F)F)cs2)CCO1)N1CCC(F)(F)CC1. The number of hydrogen-bond donors (Lipinski definition) is 0. The lowest BCUT2D eigenvalue weighted by molar-refractivity contribution is -0.150. The number of morpholine rings is 1. The Labute approximate surface area is 144 Å². The van der Waals surface area contributed by atoms with Crippen LogP contribution in [-0.2, 0) is 15.7 Å². The second kappa shape index (κ2) is 6.67. The lowest BCUT2D eigenvalue weighted by Crippen LogP contribution is -2.53. The third-order valence-electron chi connectivity index (χ3n) is 4.20. The number of alkyl halides is 5. The van der Waals surface area contributed by atoms with Gasteiger partial charge in [-0.15, -0.1) is 11.3 Å². The maximum Gasteiger partial charge on any atom is 0.434 e. The molecule has 1 unspecified atom stereocenters. The van der Waals surface area contributed by atoms with E-state index in [-0.39, 0.29) is 31.4 Å². The van der Waals surface area contributed by atoms with Crippen LogP contribution in [0.25, 0.3) is 0 Å². The number of rotatable bonds is 2. The number of anilines is 1. The van der Waals surface area contributed by atoms with Crippen LogP contribution < -0.4 is 4.90 Å². The van der Waals surface area contributed by atoms with Crippen LogP contribution in [0, 0.1) is 0 Å². The number of piperidine rings is 1. The van der Waals surface area contributed by atoms with E-state index in [1.807, 2.05) is 0 Å². The lowest BCUT2D eigenvalue weighted by atomic mass is 10.1. The number of carbonyl (C=O) groups is 1. The zero-order valence-electron chi connectivity index (χ0n) is 13.1. The predicted octanol–water partition coefficient (Wildman–Crippen LogP) is 2.62. The van der Waals surface area contributed by atoms with Gasteiger partial charge in [0.25, 0.3) is 11.8 Å². The second-order valence-corrected chi connectivity index (χ2v) is 6.84. The Kier molecular flexibility index (Phi) is 4.89. The molecule has 0 spiro atoms. The van der Waals surface area contributed by atoms with Crippen LogP contribution in [0.2, 0.25) is 0 Å². The highest BCUT2D eigenvalue weighted by Gasteiger charge is 2.39. The van der Waals surface area contributed by atoms with Gasteiger partial charge in [0.2, 0.25) is 0 Å². The number of ether oxygens (including phenoxy) is 1. The monoisotopic (exact) mass is 385 g/mol. The second-order valence-electron chi connectivity index (χ2n) is 6.00. The van der Waals surface area contributed by atoms with Crippen molar-refractivity contribution >= 4 is 22.4 Å². The number of aromatic nitrogens is 1. The molecule has 25 heavy (non-hydrogen) atoms. The standard InChI is InChI=1S/C14H16F5N3O2S/c15-13(16)1-3-21(4-2-13)11(23)9-7-22(5-6-24-9)12-20-10(8-25-12)14(17,18)19/h8-9H,1-7H2. The number of hydrogen-bond acceptors (Lipinski definition) is 5. The summed E-state index contributed by atoms with van der Waals surface area (Å²) >= 11 is 0.847. The van der Waals surface area contributed by atoms with Crippen LogP contribution in [0.15, 0.2) is 5.38 Å². The molecule has 0 bridgehead atoms. The largest absolute Gasteiger partial charge is 0.434 e. The van der Waals surface area contributed by atoms with Crippen molar-refractivity contribution in [2.75, 3.05) is 37.7 Å². The van der Waals surface area contributed by atoms with Crippen molar-refractivity contribution in [1.82, 2.24) is 9.88 Å². The summed E-state index contributed by atoms with van der Waals surface area (Å²) in [5.41, 5.74) is -0.972. The van der Waals surface area contributed by atoms with E-state index in [9.17, 15) is 26.7 Å². The Hall–Kier alpha value is -1.49. The van der Waals surface area contributed by atoms with Crippen LogP contribution in [0.3, 0.4) is 0 Å². The van der Waals surface area contributed by atoms with Crippen LogP contribution in [0.5, 0.6) is 0 Å². The van der Waals surface area contributed by atoms with Gasteiger partial charge in [0.1, 0.15) is 0 Å². The van der Waals surface area contributed by atoms with Crippen LogP contribution in [-0.4, -0.2) is 60.6 Å². The molecule has 2 aliphatic heterocycles. The van der Waals surface area contributed by atoms with Gasteiger partial charge in [-0.25, -0.2) is 13.8 Å². The van der Waals surface area contributed by atoms with Gasteiger partial charge >= 0.3 is 6.18 Å². The van der Waals surface area contributed by atoms with Crippen LogP contribution in [0.1, 0.15) is 18.5 Å². The number of carbonyl (C=O) groups excluding carboxylic acids is 1. The normalized spacial score (nSPS) is 24.4. The molecule has 0 N–H and O–H groups in total. The topological polar surface area (TPSA) is 45.7 Å². The molecule has 11 heteroatoms. The average Bonchev–Trinajstić information content (AvgIpc) is 3.05. The Morgan fingerprint density at radius 2 is 1.96 bits per heavy atom. The predicted molar refractivity (Wildman–Crippen MR) is 79.8 cm³/mol. The summed E-state index contributed by atoms with van der Waals surface area (Å²) in [7, 11) is 0. The molecule has 5 nitrogen and oxygen atoms in total. The molecule has 1 atom stereocenters. The molecule has 0 aliphatic carbocycles. The van der Waals surface area contributed by atoms with Crippen molar-refractivity contribution in [2.24, 2.45) is 0 Å². The Balaban J connectivity index is 1.63. The molecular weight excluding hydrogens is 369 g/mol. The number of thiazole rings is 1. The van der Waals surface area contributed by atoms with Crippen LogP contribution in [0.4, 0.5) is 27.1 Å². The third kappa shape index (κ3) is 4.20. The smallest absolute Gasteiger partial charge is 0.365 e. The summed E-state index contributed by atoms with van der Waals surface area (Å²) in [6.45, 7) is 0.410. The molecule has 1 aromatic rings. The minimum absolute atomic E-state index is 0.0521. The third-order valence-corrected chi connectivity index (χ3v) is 5.10. The maximum atomic E-state index is 13.2. The summed E-state index contributed by atoms with van der Waals surface area (Å²) in [6.07, 6.45) is -6.19. The first-order chi connectivity index (χ1) is 11.7. The van der Waals surface area contributed by atoms with Gasteiger partial charge < -0.3 is 14.5 Å². The molecular formula is C14H16F5N3O2S. The summed E-state index contributed by atoms with van der Waals surface area (Å²) in [5.74, 6) is -3.17. The fourth-order valence-electron chi connectivity index (χ4n) is 2.77. The van der Waals surface area contributed by atoms with Gasteiger partial charge in [-0.05, 0) is 0 Å².